The quantitative estimate of drug-likeness (QED) is 0.811. The summed E-state index contributed by atoms with van der Waals surface area (Å²) in [7, 11) is 0. The fourth-order valence-corrected chi connectivity index (χ4v) is 3.39. The molecule has 3 rings (SSSR count). The molecule has 0 unspecified atom stereocenters. The lowest BCUT2D eigenvalue weighted by Crippen LogP contribution is -2.36. The zero-order valence-corrected chi connectivity index (χ0v) is 15.7. The predicted molar refractivity (Wildman–Crippen MR) is 101 cm³/mol. The normalized spacial score (nSPS) is 14.5. The van der Waals surface area contributed by atoms with Crippen LogP contribution in [0.5, 0.6) is 0 Å². The third kappa shape index (κ3) is 3.91. The number of nitrogens with one attached hydrogen (secondary N) is 1. The number of benzene rings is 2. The molecule has 1 saturated heterocycles. The molecule has 2 aromatic rings. The van der Waals surface area contributed by atoms with Crippen LogP contribution in [0, 0.1) is 6.92 Å². The highest BCUT2D eigenvalue weighted by Gasteiger charge is 2.15. The second-order valence-corrected chi connectivity index (χ2v) is 6.95. The lowest BCUT2D eigenvalue weighted by molar-refractivity contribution is 0.102. The molecule has 0 aliphatic carbocycles. The van der Waals surface area contributed by atoms with E-state index in [4.69, 9.17) is 16.3 Å². The highest BCUT2D eigenvalue weighted by Crippen LogP contribution is 2.30. The van der Waals surface area contributed by atoms with E-state index in [0.717, 1.165) is 47.7 Å². The molecular formula is C18H18BrClN2O2. The van der Waals surface area contributed by atoms with E-state index in [9.17, 15) is 4.79 Å². The van der Waals surface area contributed by atoms with Crippen LogP contribution in [0.4, 0.5) is 11.4 Å². The van der Waals surface area contributed by atoms with Gasteiger partial charge in [0.05, 0.1) is 18.9 Å². The number of morpholine rings is 1. The number of hydrogen-bond donors (Lipinski definition) is 1. The maximum absolute atomic E-state index is 12.4. The van der Waals surface area contributed by atoms with E-state index in [-0.39, 0.29) is 5.91 Å². The highest BCUT2D eigenvalue weighted by atomic mass is 79.9. The van der Waals surface area contributed by atoms with E-state index in [1.807, 2.05) is 31.2 Å². The van der Waals surface area contributed by atoms with Crippen LogP contribution in [0.3, 0.4) is 0 Å². The third-order valence-corrected chi connectivity index (χ3v) is 5.03. The van der Waals surface area contributed by atoms with Crippen LogP contribution in [0.25, 0.3) is 0 Å². The van der Waals surface area contributed by atoms with Crippen molar-refractivity contribution in [1.29, 1.82) is 0 Å². The largest absolute Gasteiger partial charge is 0.378 e. The van der Waals surface area contributed by atoms with Crippen LogP contribution in [0.1, 0.15) is 15.9 Å². The van der Waals surface area contributed by atoms with E-state index in [2.05, 4.69) is 26.1 Å². The van der Waals surface area contributed by atoms with E-state index < -0.39 is 0 Å². The summed E-state index contributed by atoms with van der Waals surface area (Å²) in [6.07, 6.45) is 0. The van der Waals surface area contributed by atoms with Crippen LogP contribution in [-0.4, -0.2) is 32.2 Å². The average molecular weight is 410 g/mol. The Morgan fingerprint density at radius 1 is 1.21 bits per heavy atom. The molecule has 1 aliphatic rings. The van der Waals surface area contributed by atoms with Crippen molar-refractivity contribution >= 4 is 44.8 Å². The highest BCUT2D eigenvalue weighted by molar-refractivity contribution is 9.10. The molecule has 0 aromatic heterocycles. The number of carbonyl (C=O) groups is 1. The van der Waals surface area contributed by atoms with E-state index in [0.29, 0.717) is 10.6 Å². The lowest BCUT2D eigenvalue weighted by atomic mass is 10.1. The maximum Gasteiger partial charge on any atom is 0.255 e. The van der Waals surface area contributed by atoms with Crippen molar-refractivity contribution in [2.75, 3.05) is 36.5 Å². The van der Waals surface area contributed by atoms with Crippen molar-refractivity contribution in [3.8, 4) is 0 Å². The molecule has 1 N–H and O–H groups in total. The zero-order valence-electron chi connectivity index (χ0n) is 13.3. The smallest absolute Gasteiger partial charge is 0.255 e. The van der Waals surface area contributed by atoms with Gasteiger partial charge in [0, 0.05) is 33.8 Å². The minimum atomic E-state index is -0.178. The van der Waals surface area contributed by atoms with Crippen LogP contribution in [-0.2, 0) is 4.74 Å². The van der Waals surface area contributed by atoms with Crippen molar-refractivity contribution in [2.45, 2.75) is 6.92 Å². The molecule has 1 fully saturated rings. The number of anilines is 2. The molecule has 0 bridgehead atoms. The molecule has 1 amide bonds. The molecule has 0 saturated carbocycles. The van der Waals surface area contributed by atoms with Gasteiger partial charge in [-0.1, -0.05) is 17.7 Å². The maximum atomic E-state index is 12.4. The molecule has 1 aliphatic heterocycles. The van der Waals surface area contributed by atoms with Gasteiger partial charge in [-0.25, -0.2) is 0 Å². The molecule has 0 atom stereocenters. The minimum absolute atomic E-state index is 0.178. The lowest BCUT2D eigenvalue weighted by Gasteiger charge is -2.29. The van der Waals surface area contributed by atoms with Gasteiger partial charge in [-0.2, -0.15) is 0 Å². The number of ether oxygens (including phenoxy) is 1. The van der Waals surface area contributed by atoms with Gasteiger partial charge in [0.1, 0.15) is 0 Å². The Kier molecular flexibility index (Phi) is 5.43. The summed E-state index contributed by atoms with van der Waals surface area (Å²) >= 11 is 9.68. The number of aryl methyl sites for hydroxylation is 1. The summed E-state index contributed by atoms with van der Waals surface area (Å²) in [5.74, 6) is -0.178. The minimum Gasteiger partial charge on any atom is -0.378 e. The van der Waals surface area contributed by atoms with Gasteiger partial charge in [-0.05, 0) is 58.7 Å². The van der Waals surface area contributed by atoms with E-state index in [1.54, 1.807) is 12.1 Å². The number of hydrogen-bond acceptors (Lipinski definition) is 3. The SMILES string of the molecule is Cc1ccc(C(=O)Nc2ccc(N3CCOCC3)c(Br)c2)cc1Cl. The Bertz CT molecular complexity index is 761. The predicted octanol–water partition coefficient (Wildman–Crippen LogP) is 4.50. The van der Waals surface area contributed by atoms with E-state index >= 15 is 0 Å². The van der Waals surface area contributed by atoms with Crippen molar-refractivity contribution < 1.29 is 9.53 Å². The van der Waals surface area contributed by atoms with Crippen molar-refractivity contribution in [3.05, 3.63) is 57.0 Å². The molecule has 1 heterocycles. The first-order chi connectivity index (χ1) is 11.5. The monoisotopic (exact) mass is 408 g/mol. The van der Waals surface area contributed by atoms with E-state index in [1.165, 1.54) is 0 Å². The number of carbonyl (C=O) groups excluding carboxylic acids is 1. The Morgan fingerprint density at radius 3 is 2.62 bits per heavy atom. The zero-order chi connectivity index (χ0) is 17.1. The molecule has 4 nitrogen and oxygen atoms in total. The Morgan fingerprint density at radius 2 is 1.96 bits per heavy atom. The molecule has 6 heteroatoms. The van der Waals surface area contributed by atoms with Crippen LogP contribution in [0.15, 0.2) is 40.9 Å². The first-order valence-electron chi connectivity index (χ1n) is 7.74. The van der Waals surface area contributed by atoms with Gasteiger partial charge in [0.15, 0.2) is 0 Å². The summed E-state index contributed by atoms with van der Waals surface area (Å²) in [6.45, 7) is 5.11. The fourth-order valence-electron chi connectivity index (χ4n) is 2.58. The molecule has 0 radical (unpaired) electrons. The van der Waals surface area contributed by atoms with Crippen molar-refractivity contribution in [2.24, 2.45) is 0 Å². The third-order valence-electron chi connectivity index (χ3n) is 3.99. The molecule has 24 heavy (non-hydrogen) atoms. The molecule has 126 valence electrons. The molecule has 2 aromatic carbocycles. The molecular weight excluding hydrogens is 392 g/mol. The Hall–Kier alpha value is -1.56. The number of amides is 1. The second-order valence-electron chi connectivity index (χ2n) is 5.68. The van der Waals surface area contributed by atoms with Gasteiger partial charge in [-0.3, -0.25) is 4.79 Å². The van der Waals surface area contributed by atoms with Gasteiger partial charge >= 0.3 is 0 Å². The Labute approximate surface area is 154 Å². The number of halogens is 2. The van der Waals surface area contributed by atoms with Gasteiger partial charge in [0.25, 0.3) is 5.91 Å². The topological polar surface area (TPSA) is 41.6 Å². The number of nitrogens with zero attached hydrogens (tertiary/aromatic N) is 1. The first kappa shape index (κ1) is 17.3. The second kappa shape index (κ2) is 7.55. The van der Waals surface area contributed by atoms with Crippen molar-refractivity contribution in [3.63, 3.8) is 0 Å². The summed E-state index contributed by atoms with van der Waals surface area (Å²) in [4.78, 5) is 14.6. The van der Waals surface area contributed by atoms with Crippen molar-refractivity contribution in [1.82, 2.24) is 0 Å². The van der Waals surface area contributed by atoms with Crippen LogP contribution >= 0.6 is 27.5 Å². The van der Waals surface area contributed by atoms with Crippen LogP contribution < -0.4 is 10.2 Å². The summed E-state index contributed by atoms with van der Waals surface area (Å²) < 4.78 is 6.33. The standard InChI is InChI=1S/C18H18BrClN2O2/c1-12-2-3-13(10-16(12)20)18(23)21-14-4-5-17(15(19)11-14)22-6-8-24-9-7-22/h2-5,10-11H,6-9H2,1H3,(H,21,23). The Balaban J connectivity index is 1.74. The van der Waals surface area contributed by atoms with Gasteiger partial charge < -0.3 is 15.0 Å². The molecule has 0 spiro atoms. The first-order valence-corrected chi connectivity index (χ1v) is 8.91. The fraction of sp³-hybridized carbons (Fsp3) is 0.278. The van der Waals surface area contributed by atoms with Gasteiger partial charge in [-0.15, -0.1) is 0 Å². The summed E-state index contributed by atoms with van der Waals surface area (Å²) in [5.41, 5.74) is 3.33. The summed E-state index contributed by atoms with van der Waals surface area (Å²) in [5, 5.41) is 3.49. The van der Waals surface area contributed by atoms with Gasteiger partial charge in [0.2, 0.25) is 0 Å². The number of rotatable bonds is 3. The van der Waals surface area contributed by atoms with Crippen LogP contribution in [0.2, 0.25) is 5.02 Å². The summed E-state index contributed by atoms with van der Waals surface area (Å²) in [6, 6.07) is 11.1. The average Bonchev–Trinajstić information content (AvgIpc) is 2.58.